The van der Waals surface area contributed by atoms with E-state index in [-0.39, 0.29) is 5.56 Å². The fourth-order valence-corrected chi connectivity index (χ4v) is 6.33. The number of nitrogens with zero attached hydrogens (tertiary/aromatic N) is 4. The molecule has 2 heterocycles. The molecule has 0 bridgehead atoms. The van der Waals surface area contributed by atoms with Crippen molar-refractivity contribution in [1.29, 1.82) is 0 Å². The summed E-state index contributed by atoms with van der Waals surface area (Å²) in [5.41, 5.74) is 5.74. The average molecular weight is 633 g/mol. The van der Waals surface area contributed by atoms with Gasteiger partial charge in [0.2, 0.25) is 0 Å². The van der Waals surface area contributed by atoms with E-state index in [1.165, 1.54) is 12.1 Å². The van der Waals surface area contributed by atoms with Crippen LogP contribution in [0.25, 0.3) is 72.8 Å². The Bertz CT molecular complexity index is 2390. The molecule has 2 aromatic heterocycles. The summed E-state index contributed by atoms with van der Waals surface area (Å²) in [7, 11) is 0. The van der Waals surface area contributed by atoms with Gasteiger partial charge in [-0.15, -0.1) is 0 Å². The molecule has 8 aromatic rings. The fraction of sp³-hybridized carbons (Fsp3) is 0.0488. The molecule has 0 aliphatic rings. The van der Waals surface area contributed by atoms with E-state index in [1.807, 2.05) is 104 Å². The summed E-state index contributed by atoms with van der Waals surface area (Å²) in [5, 5.41) is 2.08. The van der Waals surface area contributed by atoms with Crippen LogP contribution < -0.4 is 0 Å². The minimum absolute atomic E-state index is 0.0972. The van der Waals surface area contributed by atoms with Gasteiger partial charge in [-0.2, -0.15) is 13.2 Å². The summed E-state index contributed by atoms with van der Waals surface area (Å²) >= 11 is 0. The first-order chi connectivity index (χ1) is 23.3. The minimum Gasteiger partial charge on any atom is -0.308 e. The van der Waals surface area contributed by atoms with E-state index in [9.17, 15) is 13.2 Å². The van der Waals surface area contributed by atoms with Crippen LogP contribution in [0.4, 0.5) is 13.2 Å². The van der Waals surface area contributed by atoms with Crippen LogP contribution in [-0.4, -0.2) is 19.5 Å². The van der Waals surface area contributed by atoms with Crippen LogP contribution in [0.5, 0.6) is 0 Å². The Balaban J connectivity index is 1.47. The number of hydrogen-bond acceptors (Lipinski definition) is 3. The first kappa shape index (κ1) is 29.3. The fourth-order valence-electron chi connectivity index (χ4n) is 6.33. The predicted octanol–water partition coefficient (Wildman–Crippen LogP) is 11.0. The van der Waals surface area contributed by atoms with Crippen molar-refractivity contribution in [3.8, 4) is 51.0 Å². The van der Waals surface area contributed by atoms with Crippen LogP contribution >= 0.6 is 0 Å². The molecular formula is C41H27F3N4. The zero-order valence-electron chi connectivity index (χ0n) is 25.8. The molecule has 8 rings (SSSR count). The van der Waals surface area contributed by atoms with Crippen molar-refractivity contribution in [3.05, 3.63) is 157 Å². The number of rotatable bonds is 5. The smallest absolute Gasteiger partial charge is 0.308 e. The third-order valence-electron chi connectivity index (χ3n) is 8.55. The van der Waals surface area contributed by atoms with E-state index in [4.69, 9.17) is 15.0 Å². The lowest BCUT2D eigenvalue weighted by atomic mass is 9.97. The molecule has 4 nitrogen and oxygen atoms in total. The molecular weight excluding hydrogens is 605 g/mol. The number of fused-ring (bicyclic) bond motifs is 3. The van der Waals surface area contributed by atoms with Gasteiger partial charge in [0.1, 0.15) is 0 Å². The largest absolute Gasteiger partial charge is 0.417 e. The maximum atomic E-state index is 14.3. The second-order valence-electron chi connectivity index (χ2n) is 11.7. The van der Waals surface area contributed by atoms with Gasteiger partial charge in [0, 0.05) is 27.5 Å². The van der Waals surface area contributed by atoms with Crippen molar-refractivity contribution >= 4 is 21.8 Å². The molecule has 0 spiro atoms. The normalized spacial score (nSPS) is 11.8. The highest BCUT2D eigenvalue weighted by molar-refractivity contribution is 6.10. The molecule has 0 atom stereocenters. The molecule has 0 unspecified atom stereocenters. The standard InChI is InChI=1S/C41H27F3N4/c1-26-20-23-36-33(24-26)31-17-9-11-19-35(31)48(36)37-25-29(30-16-8-10-18-34(30)41(42,43)44)21-22-32(37)40-46-38(27-12-4-2-5-13-27)45-39(47-40)28-14-6-3-7-15-28/h2-25H,1H3. The molecule has 0 radical (unpaired) electrons. The van der Waals surface area contributed by atoms with Gasteiger partial charge in [-0.25, -0.2) is 15.0 Å². The molecule has 0 aliphatic heterocycles. The van der Waals surface area contributed by atoms with E-state index in [2.05, 4.69) is 22.8 Å². The van der Waals surface area contributed by atoms with Gasteiger partial charge in [-0.3, -0.25) is 0 Å². The van der Waals surface area contributed by atoms with Crippen molar-refractivity contribution in [2.24, 2.45) is 0 Å². The summed E-state index contributed by atoms with van der Waals surface area (Å²) in [5.74, 6) is 1.40. The molecule has 0 amide bonds. The van der Waals surface area contributed by atoms with Gasteiger partial charge in [-0.1, -0.05) is 115 Å². The van der Waals surface area contributed by atoms with E-state index in [1.54, 1.807) is 12.1 Å². The van der Waals surface area contributed by atoms with Crippen LogP contribution in [0.3, 0.4) is 0 Å². The Morgan fingerprint density at radius 1 is 0.479 bits per heavy atom. The Morgan fingerprint density at radius 2 is 1.06 bits per heavy atom. The van der Waals surface area contributed by atoms with Crippen LogP contribution in [0.2, 0.25) is 0 Å². The summed E-state index contributed by atoms with van der Waals surface area (Å²) in [6.45, 7) is 2.05. The van der Waals surface area contributed by atoms with Crippen LogP contribution in [0.15, 0.2) is 146 Å². The Labute approximate surface area is 274 Å². The van der Waals surface area contributed by atoms with Gasteiger partial charge >= 0.3 is 6.18 Å². The molecule has 0 saturated carbocycles. The second kappa shape index (κ2) is 11.6. The molecule has 0 saturated heterocycles. The number of hydrogen-bond donors (Lipinski definition) is 0. The molecule has 0 fully saturated rings. The van der Waals surface area contributed by atoms with Crippen molar-refractivity contribution in [2.45, 2.75) is 13.1 Å². The van der Waals surface area contributed by atoms with Gasteiger partial charge < -0.3 is 4.57 Å². The van der Waals surface area contributed by atoms with Gasteiger partial charge in [0.15, 0.2) is 17.5 Å². The van der Waals surface area contributed by atoms with E-state index < -0.39 is 11.7 Å². The first-order valence-electron chi connectivity index (χ1n) is 15.5. The number of halogens is 3. The zero-order valence-corrected chi connectivity index (χ0v) is 25.8. The van der Waals surface area contributed by atoms with Crippen LogP contribution in [0.1, 0.15) is 11.1 Å². The van der Waals surface area contributed by atoms with Crippen LogP contribution in [0, 0.1) is 6.92 Å². The van der Waals surface area contributed by atoms with E-state index in [0.29, 0.717) is 34.3 Å². The summed E-state index contributed by atoms with van der Waals surface area (Å²) in [6, 6.07) is 44.7. The van der Waals surface area contributed by atoms with Crippen molar-refractivity contribution in [2.75, 3.05) is 0 Å². The SMILES string of the molecule is Cc1ccc2c(c1)c1ccccc1n2-c1cc(-c2ccccc2C(F)(F)F)ccc1-c1nc(-c2ccccc2)nc(-c2ccccc2)n1. The maximum absolute atomic E-state index is 14.3. The number of benzene rings is 6. The maximum Gasteiger partial charge on any atom is 0.417 e. The highest BCUT2D eigenvalue weighted by atomic mass is 19.4. The van der Waals surface area contributed by atoms with Gasteiger partial charge in [0.05, 0.1) is 22.3 Å². The predicted molar refractivity (Wildman–Crippen MR) is 186 cm³/mol. The Morgan fingerprint density at radius 3 is 1.75 bits per heavy atom. The van der Waals surface area contributed by atoms with E-state index >= 15 is 0 Å². The number of para-hydroxylation sites is 1. The number of alkyl halides is 3. The topological polar surface area (TPSA) is 43.6 Å². The third kappa shape index (κ3) is 5.19. The third-order valence-corrected chi connectivity index (χ3v) is 8.55. The summed E-state index contributed by atoms with van der Waals surface area (Å²) in [4.78, 5) is 14.8. The van der Waals surface area contributed by atoms with Gasteiger partial charge in [-0.05, 0) is 54.4 Å². The minimum atomic E-state index is -4.52. The van der Waals surface area contributed by atoms with E-state index in [0.717, 1.165) is 44.6 Å². The van der Waals surface area contributed by atoms with Gasteiger partial charge in [0.25, 0.3) is 0 Å². The average Bonchev–Trinajstić information content (AvgIpc) is 3.45. The highest BCUT2D eigenvalue weighted by Crippen LogP contribution is 2.41. The molecule has 0 N–H and O–H groups in total. The zero-order chi connectivity index (χ0) is 32.8. The summed E-state index contributed by atoms with van der Waals surface area (Å²) in [6.07, 6.45) is -4.52. The molecule has 6 aromatic carbocycles. The Hall–Kier alpha value is -6.08. The van der Waals surface area contributed by atoms with Crippen molar-refractivity contribution < 1.29 is 13.2 Å². The number of aryl methyl sites for hydroxylation is 1. The lowest BCUT2D eigenvalue weighted by Gasteiger charge is -2.18. The monoisotopic (exact) mass is 632 g/mol. The second-order valence-corrected chi connectivity index (χ2v) is 11.7. The lowest BCUT2D eigenvalue weighted by Crippen LogP contribution is -2.07. The molecule has 232 valence electrons. The molecule has 7 heteroatoms. The number of aromatic nitrogens is 4. The molecule has 0 aliphatic carbocycles. The Kier molecular flexibility index (Phi) is 7.10. The first-order valence-corrected chi connectivity index (χ1v) is 15.5. The molecule has 48 heavy (non-hydrogen) atoms. The van der Waals surface area contributed by atoms with Crippen molar-refractivity contribution in [3.63, 3.8) is 0 Å². The quantitative estimate of drug-likeness (QED) is 0.190. The summed E-state index contributed by atoms with van der Waals surface area (Å²) < 4.78 is 45.0. The highest BCUT2D eigenvalue weighted by Gasteiger charge is 2.33. The van der Waals surface area contributed by atoms with Crippen LogP contribution in [-0.2, 0) is 6.18 Å². The van der Waals surface area contributed by atoms with Crippen molar-refractivity contribution in [1.82, 2.24) is 19.5 Å². The lowest BCUT2D eigenvalue weighted by molar-refractivity contribution is -0.137.